The van der Waals surface area contributed by atoms with E-state index in [1.807, 2.05) is 142 Å². The molecule has 0 spiro atoms. The van der Waals surface area contributed by atoms with Crippen molar-refractivity contribution in [3.05, 3.63) is 262 Å². The quantitative estimate of drug-likeness (QED) is 0.0363. The Balaban J connectivity index is 0.000000125. The number of carbonyl (C=O) groups is 5. The van der Waals surface area contributed by atoms with Gasteiger partial charge in [-0.3, -0.25) is 58.6 Å². The van der Waals surface area contributed by atoms with Crippen LogP contribution in [0.1, 0.15) is 58.0 Å². The first-order valence-electron chi connectivity index (χ1n) is 42.4. The standard InChI is InChI=1S/C25H21ClN8O.C24H23ClN8O2.C24H19N7O.C21H22ClN9O2/c1-14-5-6-18(29-13-14)12-20(35)30-24-23(27)32-25(34-9-7-15(2)33-34)22(31-24)17-10-16-4-3-8-28-21(16)19(26)11-17;1-32-10-7-17(31-32)22-21(15-11-14-5-4-8-27-20(14)16(25)12-15)30-24(23(26)29-22)28-18(34)13-33-9-3-2-6-19(33)35;1-15-11-13-31(30-15)23-20(18-9-10-19-17(14-18)8-5-12-26-19)27-22(21(25)28-23)29-24(32)16-6-3-2-4-7-16;1-12-2-3-31(29-12)21-18(13-8-14-10-24-28-17(14)15(22)9-13)26-20(19(23)27-21)25-16(32)11-30-4-6-33-7-5-30/h3-11,13H,12H2,1-2H3,(H2,27,32)(H,30,31,35);4-5,7-8,10-12H,2-3,6,9,13H2,1H3,(H2,26,29)(H,28,30,34);2-14H,1H3,(H2,25,28)(H,27,29,32);2-3,8-10H,4-7,11H2,1H3,(H2,23,27)(H,24,28)(H,25,26,32). The number of carbonyl (C=O) groups excluding carboxylic acids is 5. The average molecular weight is 1870 g/mol. The molecule has 20 rings (SSSR count). The smallest absolute Gasteiger partial charge is 0.256 e. The average Bonchev–Trinajstić information content (AvgIpc) is 1.62. The molecule has 0 saturated carbocycles. The predicted octanol–water partition coefficient (Wildman–Crippen LogP) is 13.6. The Morgan fingerprint density at radius 3 is 1.51 bits per heavy atom. The van der Waals surface area contributed by atoms with E-state index in [0.29, 0.717) is 145 Å². The molecule has 135 heavy (non-hydrogen) atoms. The molecule has 0 unspecified atom stereocenters. The van der Waals surface area contributed by atoms with Gasteiger partial charge in [0.1, 0.15) is 34.2 Å². The van der Waals surface area contributed by atoms with E-state index in [0.717, 1.165) is 73.6 Å². The lowest BCUT2D eigenvalue weighted by Crippen LogP contribution is -2.41. The monoisotopic (exact) mass is 1860 g/mol. The molecule has 2 fully saturated rings. The normalized spacial score (nSPS) is 12.6. The van der Waals surface area contributed by atoms with E-state index in [1.165, 1.54) is 0 Å². The largest absolute Gasteiger partial charge is 0.381 e. The Bertz CT molecular complexity index is 7550. The molecule has 15 heterocycles. The number of fused-ring (bicyclic) bond motifs is 4. The number of ether oxygens (including phenoxy) is 1. The number of benzene rings is 5. The zero-order valence-electron chi connectivity index (χ0n) is 73.2. The van der Waals surface area contributed by atoms with Crippen LogP contribution in [0.2, 0.25) is 15.1 Å². The SMILES string of the molecule is Cc1ccc(CC(=O)Nc2nc(-c3cc(Cl)c4ncccc4c3)c(-n3ccc(C)n3)nc2N)nc1.Cc1ccn(-c2nc(N)c(NC(=O)CN3CCOCC3)nc2-c2cc(Cl)c3[nH]ncc3c2)n1.Cc1ccn(-c2nc(N)c(NC(=O)c3ccccc3)nc2-c2ccc3ncccc3c2)n1.Cn1ccc(-c2nc(N)c(NC(=O)CN3CCCCC3=O)nc2-c2cc(Cl)c3ncccc3c2)n1. The van der Waals surface area contributed by atoms with E-state index in [2.05, 4.69) is 102 Å². The molecule has 41 heteroatoms. The van der Waals surface area contributed by atoms with Gasteiger partial charge >= 0.3 is 0 Å². The summed E-state index contributed by atoms with van der Waals surface area (Å²) in [6.45, 7) is 10.9. The summed E-state index contributed by atoms with van der Waals surface area (Å²) < 4.78 is 11.8. The van der Waals surface area contributed by atoms with Crippen molar-refractivity contribution < 1.29 is 28.7 Å². The van der Waals surface area contributed by atoms with Gasteiger partial charge in [0, 0.05) is 138 Å². The van der Waals surface area contributed by atoms with E-state index >= 15 is 0 Å². The van der Waals surface area contributed by atoms with Crippen LogP contribution in [-0.4, -0.2) is 194 Å². The van der Waals surface area contributed by atoms with Gasteiger partial charge in [0.05, 0.1) is 93.1 Å². The summed E-state index contributed by atoms with van der Waals surface area (Å²) in [5.41, 5.74) is 38.1. The number of pyridine rings is 4. The van der Waals surface area contributed by atoms with Crippen molar-refractivity contribution in [1.29, 1.82) is 0 Å². The van der Waals surface area contributed by atoms with Gasteiger partial charge in [0.15, 0.2) is 64.0 Å². The summed E-state index contributed by atoms with van der Waals surface area (Å²) in [5, 5.41) is 40.7. The number of H-pyrrole nitrogens is 1. The minimum Gasteiger partial charge on any atom is -0.381 e. The Hall–Kier alpha value is -16.6. The molecular formula is C94H85Cl3N32O6. The van der Waals surface area contributed by atoms with E-state index in [4.69, 9.17) is 72.4 Å². The highest BCUT2D eigenvalue weighted by Gasteiger charge is 2.28. The van der Waals surface area contributed by atoms with Gasteiger partial charge in [-0.2, -0.15) is 25.5 Å². The third-order valence-electron chi connectivity index (χ3n) is 21.5. The molecule has 13 N–H and O–H groups in total. The van der Waals surface area contributed by atoms with E-state index in [9.17, 15) is 24.0 Å². The third-order valence-corrected chi connectivity index (χ3v) is 22.4. The lowest BCUT2D eigenvalue weighted by atomic mass is 10.0. The molecule has 0 aliphatic carbocycles. The van der Waals surface area contributed by atoms with Crippen LogP contribution >= 0.6 is 34.8 Å². The van der Waals surface area contributed by atoms with Crippen LogP contribution in [0.4, 0.5) is 46.5 Å². The number of piperidine rings is 1. The first kappa shape index (κ1) is 90.4. The number of nitrogens with zero attached hydrogens (tertiary/aromatic N) is 23. The Labute approximate surface area is 784 Å². The number of aromatic amines is 1. The number of morpholine rings is 1. The zero-order chi connectivity index (χ0) is 94.1. The maximum atomic E-state index is 12.7. The van der Waals surface area contributed by atoms with Crippen molar-refractivity contribution in [3.63, 3.8) is 0 Å². The molecule has 0 atom stereocenters. The minimum absolute atomic E-state index is 0.0314. The fraction of sp³-hybridized carbons (Fsp3) is 0.170. The lowest BCUT2D eigenvalue weighted by molar-refractivity contribution is -0.136. The highest BCUT2D eigenvalue weighted by Crippen LogP contribution is 2.40. The second-order valence-corrected chi connectivity index (χ2v) is 32.7. The molecule has 18 aromatic rings. The van der Waals surface area contributed by atoms with Crippen molar-refractivity contribution in [2.24, 2.45) is 7.05 Å². The molecule has 0 radical (unpaired) electrons. The van der Waals surface area contributed by atoms with Gasteiger partial charge in [0.25, 0.3) is 5.91 Å². The number of rotatable bonds is 19. The van der Waals surface area contributed by atoms with Gasteiger partial charge < -0.3 is 53.8 Å². The fourth-order valence-corrected chi connectivity index (χ4v) is 15.7. The molecule has 2 aliphatic heterocycles. The van der Waals surface area contributed by atoms with Gasteiger partial charge in [-0.05, 0) is 155 Å². The number of likely N-dealkylation sites (tertiary alicyclic amines) is 1. The molecule has 2 aliphatic rings. The minimum atomic E-state index is -0.390. The fourth-order valence-electron chi connectivity index (χ4n) is 14.9. The number of hydrogen-bond acceptors (Lipinski definition) is 28. The first-order valence-corrected chi connectivity index (χ1v) is 43.6. The summed E-state index contributed by atoms with van der Waals surface area (Å²) in [5.74, 6) is 0.948. The van der Waals surface area contributed by atoms with E-state index < -0.39 is 5.91 Å². The number of amides is 5. The van der Waals surface area contributed by atoms with Crippen molar-refractivity contribution in [1.82, 2.24) is 119 Å². The molecule has 2 saturated heterocycles. The van der Waals surface area contributed by atoms with Crippen molar-refractivity contribution in [3.8, 4) is 73.9 Å². The highest BCUT2D eigenvalue weighted by atomic mass is 35.5. The second-order valence-electron chi connectivity index (χ2n) is 31.5. The van der Waals surface area contributed by atoms with Crippen LogP contribution in [0.5, 0.6) is 0 Å². The summed E-state index contributed by atoms with van der Waals surface area (Å²) in [6.07, 6.45) is 17.9. The number of nitrogens with one attached hydrogen (secondary N) is 5. The number of nitrogen functional groups attached to an aromatic ring is 4. The first-order chi connectivity index (χ1) is 65.3. The Morgan fingerprint density at radius 2 is 0.963 bits per heavy atom. The summed E-state index contributed by atoms with van der Waals surface area (Å²) in [6, 6.07) is 48.1. The number of nitrogens with two attached hydrogens (primary N) is 4. The molecule has 13 aromatic heterocycles. The van der Waals surface area contributed by atoms with Crippen LogP contribution < -0.4 is 44.2 Å². The van der Waals surface area contributed by atoms with Gasteiger partial charge in [0.2, 0.25) is 23.6 Å². The van der Waals surface area contributed by atoms with Crippen molar-refractivity contribution in [2.75, 3.05) is 90.1 Å². The van der Waals surface area contributed by atoms with Gasteiger partial charge in [-0.25, -0.2) is 53.9 Å². The molecule has 0 bridgehead atoms. The predicted molar refractivity (Wildman–Crippen MR) is 517 cm³/mol. The summed E-state index contributed by atoms with van der Waals surface area (Å²) >= 11 is 19.5. The van der Waals surface area contributed by atoms with Crippen LogP contribution in [0, 0.1) is 27.7 Å². The molecule has 38 nitrogen and oxygen atoms in total. The van der Waals surface area contributed by atoms with Gasteiger partial charge in [-0.1, -0.05) is 83.3 Å². The maximum Gasteiger partial charge on any atom is 0.256 e. The molecule has 5 aromatic carbocycles. The third kappa shape index (κ3) is 21.1. The topological polar surface area (TPSA) is 508 Å². The van der Waals surface area contributed by atoms with Crippen LogP contribution in [0.25, 0.3) is 117 Å². The van der Waals surface area contributed by atoms with Gasteiger partial charge in [-0.15, -0.1) is 0 Å². The second kappa shape index (κ2) is 40.0. The van der Waals surface area contributed by atoms with E-state index in [-0.39, 0.29) is 89.7 Å². The van der Waals surface area contributed by atoms with Crippen molar-refractivity contribution in [2.45, 2.75) is 53.4 Å². The van der Waals surface area contributed by atoms with Crippen LogP contribution in [-0.2, 0) is 37.4 Å². The summed E-state index contributed by atoms with van der Waals surface area (Å²) in [4.78, 5) is 121. The lowest BCUT2D eigenvalue weighted by Gasteiger charge is -2.26. The zero-order valence-corrected chi connectivity index (χ0v) is 75.4. The molecule has 678 valence electrons. The van der Waals surface area contributed by atoms with E-state index in [1.54, 1.807) is 135 Å². The number of halogens is 3. The summed E-state index contributed by atoms with van der Waals surface area (Å²) in [7, 11) is 1.80. The Morgan fingerprint density at radius 1 is 0.452 bits per heavy atom. The van der Waals surface area contributed by atoms with Crippen LogP contribution in [0.3, 0.4) is 0 Å². The highest BCUT2D eigenvalue weighted by molar-refractivity contribution is 6.36. The maximum absolute atomic E-state index is 12.7. The number of anilines is 8. The molecular weight excluding hydrogens is 1780 g/mol. The van der Waals surface area contributed by atoms with Crippen LogP contribution in [0.15, 0.2) is 213 Å². The number of aromatic nitrogens is 22. The number of hydrogen-bond donors (Lipinski definition) is 9. The molecule has 5 amide bonds. The number of aryl methyl sites for hydroxylation is 5. The Kier molecular flexibility index (Phi) is 26.8. The van der Waals surface area contributed by atoms with Crippen molar-refractivity contribution >= 4 is 154 Å².